The Hall–Kier alpha value is -3.93. The van der Waals surface area contributed by atoms with Crippen LogP contribution in [0.3, 0.4) is 0 Å². The van der Waals surface area contributed by atoms with Gasteiger partial charge in [0.1, 0.15) is 18.0 Å². The highest BCUT2D eigenvalue weighted by atomic mass is 32.2. The van der Waals surface area contributed by atoms with E-state index in [2.05, 4.69) is 0 Å². The lowest BCUT2D eigenvalue weighted by Gasteiger charge is -2.37. The van der Waals surface area contributed by atoms with Gasteiger partial charge in [-0.05, 0) is 49.4 Å². The van der Waals surface area contributed by atoms with Gasteiger partial charge < -0.3 is 19.3 Å². The van der Waals surface area contributed by atoms with E-state index in [4.69, 9.17) is 9.47 Å². The van der Waals surface area contributed by atoms with Crippen LogP contribution in [0.1, 0.15) is 11.1 Å². The quantitative estimate of drug-likeness (QED) is 0.390. The van der Waals surface area contributed by atoms with Crippen molar-refractivity contribution in [3.8, 4) is 11.5 Å². The summed E-state index contributed by atoms with van der Waals surface area (Å²) in [5.74, 6) is 0.208. The molecule has 1 aliphatic rings. The molecule has 214 valence electrons. The molecule has 8 nitrogen and oxygen atoms in total. The maximum Gasteiger partial charge on any atom is 0.416 e. The maximum absolute atomic E-state index is 13.8. The minimum Gasteiger partial charge on any atom is -0.497 e. The predicted molar refractivity (Wildman–Crippen MR) is 145 cm³/mol. The van der Waals surface area contributed by atoms with Crippen LogP contribution in [0.4, 0.5) is 24.5 Å². The molecule has 0 N–H and O–H groups in total. The minimum absolute atomic E-state index is 0.0122. The van der Waals surface area contributed by atoms with Gasteiger partial charge in [-0.15, -0.1) is 0 Å². The lowest BCUT2D eigenvalue weighted by molar-refractivity contribution is -0.137. The molecule has 0 unspecified atom stereocenters. The van der Waals surface area contributed by atoms with E-state index in [-0.39, 0.29) is 29.4 Å². The normalized spacial score (nSPS) is 14.2. The molecular weight excluding hydrogens is 547 g/mol. The first kappa shape index (κ1) is 29.1. The largest absolute Gasteiger partial charge is 0.497 e. The molecule has 0 atom stereocenters. The number of nitrogens with zero attached hydrogens (tertiary/aromatic N) is 3. The minimum atomic E-state index is -4.46. The van der Waals surface area contributed by atoms with Gasteiger partial charge in [0.15, 0.2) is 0 Å². The molecule has 1 saturated heterocycles. The number of rotatable bonds is 8. The second kappa shape index (κ2) is 11.7. The zero-order chi connectivity index (χ0) is 29.1. The summed E-state index contributed by atoms with van der Waals surface area (Å²) >= 11 is 0. The summed E-state index contributed by atoms with van der Waals surface area (Å²) in [4.78, 5) is 16.7. The monoisotopic (exact) mass is 577 g/mol. The molecule has 0 aliphatic carbocycles. The smallest absolute Gasteiger partial charge is 0.416 e. The molecule has 0 aromatic heterocycles. The Bertz CT molecular complexity index is 1450. The maximum atomic E-state index is 13.8. The highest BCUT2D eigenvalue weighted by Crippen LogP contribution is 2.36. The Morgan fingerprint density at radius 3 is 2.20 bits per heavy atom. The number of piperazine rings is 1. The van der Waals surface area contributed by atoms with Crippen molar-refractivity contribution in [3.05, 3.63) is 77.9 Å². The van der Waals surface area contributed by atoms with Crippen molar-refractivity contribution in [1.29, 1.82) is 0 Å². The fraction of sp³-hybridized carbons (Fsp3) is 0.321. The summed E-state index contributed by atoms with van der Waals surface area (Å²) in [5, 5.41) is 0. The van der Waals surface area contributed by atoms with E-state index in [0.29, 0.717) is 24.5 Å². The Balaban J connectivity index is 1.57. The summed E-state index contributed by atoms with van der Waals surface area (Å²) < 4.78 is 78.8. The number of amides is 1. The van der Waals surface area contributed by atoms with Crippen molar-refractivity contribution in [2.75, 3.05) is 56.1 Å². The van der Waals surface area contributed by atoms with E-state index in [9.17, 15) is 26.4 Å². The third-order valence-corrected chi connectivity index (χ3v) is 8.49. The SMILES string of the molecule is COc1ccc(N(CC(=O)N2CCN(c3cccc(C(F)(F)F)c3)CC2)S(=O)(=O)c2ccc(C)cc2)c(OC)c1. The fourth-order valence-electron chi connectivity index (χ4n) is 4.44. The van der Waals surface area contributed by atoms with Gasteiger partial charge in [-0.3, -0.25) is 9.10 Å². The molecule has 4 rings (SSSR count). The first-order valence-electron chi connectivity index (χ1n) is 12.5. The molecule has 12 heteroatoms. The summed E-state index contributed by atoms with van der Waals surface area (Å²) in [6.45, 7) is 2.36. The third kappa shape index (κ3) is 6.27. The van der Waals surface area contributed by atoms with Crippen molar-refractivity contribution in [2.24, 2.45) is 0 Å². The highest BCUT2D eigenvalue weighted by Gasteiger charge is 2.33. The Morgan fingerprint density at radius 2 is 1.60 bits per heavy atom. The number of alkyl halides is 3. The number of carbonyl (C=O) groups excluding carboxylic acids is 1. The van der Waals surface area contributed by atoms with Gasteiger partial charge >= 0.3 is 6.18 Å². The average molecular weight is 578 g/mol. The van der Waals surface area contributed by atoms with Gasteiger partial charge in [-0.2, -0.15) is 13.2 Å². The number of anilines is 2. The van der Waals surface area contributed by atoms with E-state index >= 15 is 0 Å². The van der Waals surface area contributed by atoms with Crippen LogP contribution in [0.25, 0.3) is 0 Å². The van der Waals surface area contributed by atoms with Crippen LogP contribution < -0.4 is 18.7 Å². The molecule has 0 saturated carbocycles. The lowest BCUT2D eigenvalue weighted by Crippen LogP contribution is -2.52. The van der Waals surface area contributed by atoms with Crippen LogP contribution in [-0.2, 0) is 21.0 Å². The first-order valence-corrected chi connectivity index (χ1v) is 13.9. The zero-order valence-electron chi connectivity index (χ0n) is 22.3. The number of aryl methyl sites for hydroxylation is 1. The Morgan fingerprint density at radius 1 is 0.925 bits per heavy atom. The molecule has 0 radical (unpaired) electrons. The van der Waals surface area contributed by atoms with Gasteiger partial charge in [-0.25, -0.2) is 8.42 Å². The van der Waals surface area contributed by atoms with Crippen LogP contribution in [0.2, 0.25) is 0 Å². The summed E-state index contributed by atoms with van der Waals surface area (Å²) in [7, 11) is -1.32. The van der Waals surface area contributed by atoms with Crippen LogP contribution in [-0.4, -0.2) is 66.2 Å². The number of halogens is 3. The van der Waals surface area contributed by atoms with Crippen molar-refractivity contribution >= 4 is 27.3 Å². The van der Waals surface area contributed by atoms with Crippen LogP contribution in [0, 0.1) is 6.92 Å². The molecule has 0 bridgehead atoms. The fourth-order valence-corrected chi connectivity index (χ4v) is 5.87. The number of hydrogen-bond acceptors (Lipinski definition) is 6. The van der Waals surface area contributed by atoms with Crippen molar-refractivity contribution in [1.82, 2.24) is 4.90 Å². The van der Waals surface area contributed by atoms with E-state index in [1.807, 2.05) is 6.92 Å². The third-order valence-electron chi connectivity index (χ3n) is 6.71. The molecule has 0 spiro atoms. The van der Waals surface area contributed by atoms with E-state index < -0.39 is 34.2 Å². The number of sulfonamides is 1. The van der Waals surface area contributed by atoms with Gasteiger partial charge in [-0.1, -0.05) is 23.8 Å². The van der Waals surface area contributed by atoms with Crippen LogP contribution in [0.5, 0.6) is 11.5 Å². The molecule has 3 aromatic rings. The number of methoxy groups -OCH3 is 2. The molecule has 1 heterocycles. The Labute approximate surface area is 231 Å². The number of ether oxygens (including phenoxy) is 2. The number of hydrogen-bond donors (Lipinski definition) is 0. The van der Waals surface area contributed by atoms with E-state index in [1.54, 1.807) is 29.2 Å². The number of benzene rings is 3. The van der Waals surface area contributed by atoms with E-state index in [0.717, 1.165) is 22.0 Å². The van der Waals surface area contributed by atoms with Crippen molar-refractivity contribution in [2.45, 2.75) is 18.0 Å². The van der Waals surface area contributed by atoms with Gasteiger partial charge in [0.05, 0.1) is 30.4 Å². The zero-order valence-corrected chi connectivity index (χ0v) is 23.1. The highest BCUT2D eigenvalue weighted by molar-refractivity contribution is 7.92. The first-order chi connectivity index (χ1) is 18.9. The van der Waals surface area contributed by atoms with E-state index in [1.165, 1.54) is 49.5 Å². The number of carbonyl (C=O) groups is 1. The predicted octanol–water partition coefficient (Wildman–Crippen LogP) is 4.58. The Kier molecular flexibility index (Phi) is 8.48. The molecule has 1 fully saturated rings. The van der Waals surface area contributed by atoms with Crippen molar-refractivity contribution < 1.29 is 35.9 Å². The molecule has 1 amide bonds. The molecule has 40 heavy (non-hydrogen) atoms. The molecular formula is C28H30F3N3O5S. The lowest BCUT2D eigenvalue weighted by atomic mass is 10.1. The standard InChI is InChI=1S/C28H30F3N3O5S/c1-20-7-10-24(11-8-20)40(36,37)34(25-12-9-23(38-2)18-26(25)39-3)19-27(35)33-15-13-32(14-16-33)22-6-4-5-21(17-22)28(29,30)31/h4-12,17-18H,13-16,19H2,1-3H3. The van der Waals surface area contributed by atoms with Gasteiger partial charge in [0, 0.05) is 37.9 Å². The molecule has 1 aliphatic heterocycles. The van der Waals surface area contributed by atoms with Crippen LogP contribution in [0.15, 0.2) is 71.6 Å². The summed E-state index contributed by atoms with van der Waals surface area (Å²) in [6, 6.07) is 16.0. The van der Waals surface area contributed by atoms with Crippen LogP contribution >= 0.6 is 0 Å². The second-order valence-corrected chi connectivity index (χ2v) is 11.1. The van der Waals surface area contributed by atoms with Gasteiger partial charge in [0.2, 0.25) is 5.91 Å². The summed E-state index contributed by atoms with van der Waals surface area (Å²) in [6.07, 6.45) is -4.46. The summed E-state index contributed by atoms with van der Waals surface area (Å²) in [5.41, 5.74) is 0.712. The topological polar surface area (TPSA) is 79.4 Å². The average Bonchev–Trinajstić information content (AvgIpc) is 2.95. The second-order valence-electron chi connectivity index (χ2n) is 9.28. The molecule has 3 aromatic carbocycles. The van der Waals surface area contributed by atoms with Crippen molar-refractivity contribution in [3.63, 3.8) is 0 Å². The van der Waals surface area contributed by atoms with Gasteiger partial charge in [0.25, 0.3) is 10.0 Å².